The average molecular weight is 330 g/mol. The molecule has 0 saturated heterocycles. The van der Waals surface area contributed by atoms with E-state index in [4.69, 9.17) is 5.73 Å². The third-order valence-corrected chi connectivity index (χ3v) is 3.82. The predicted octanol–water partition coefficient (Wildman–Crippen LogP) is 3.17. The molecule has 0 aliphatic rings. The van der Waals surface area contributed by atoms with Crippen molar-refractivity contribution in [3.05, 3.63) is 75.8 Å². The number of aromatic nitrogens is 1. The molecule has 3 aromatic rings. The summed E-state index contributed by atoms with van der Waals surface area (Å²) < 4.78 is 13.0. The lowest BCUT2D eigenvalue weighted by atomic mass is 9.95. The molecule has 3 rings (SSSR count). The number of nitrogens with two attached hydrogens (primary N) is 1. The van der Waals surface area contributed by atoms with Crippen molar-refractivity contribution in [2.45, 2.75) is 0 Å². The lowest BCUT2D eigenvalue weighted by molar-refractivity contribution is 0.628. The molecule has 120 valence electrons. The van der Waals surface area contributed by atoms with Crippen LogP contribution in [0.25, 0.3) is 22.3 Å². The number of anilines is 1. The Bertz CT molecular complexity index is 1080. The van der Waals surface area contributed by atoms with Gasteiger partial charge in [-0.2, -0.15) is 10.5 Å². The van der Waals surface area contributed by atoms with Crippen LogP contribution >= 0.6 is 0 Å². The van der Waals surface area contributed by atoms with Crippen LogP contribution in [0.1, 0.15) is 11.1 Å². The molecule has 2 aromatic carbocycles. The highest BCUT2D eigenvalue weighted by Gasteiger charge is 2.18. The Balaban J connectivity index is 2.16. The second-order valence-corrected chi connectivity index (χ2v) is 5.30. The summed E-state index contributed by atoms with van der Waals surface area (Å²) in [5.41, 5.74) is 7.33. The topological polar surface area (TPSA) is 106 Å². The van der Waals surface area contributed by atoms with E-state index in [9.17, 15) is 19.7 Å². The van der Waals surface area contributed by atoms with E-state index in [-0.39, 0.29) is 28.3 Å². The number of hydrogen-bond donors (Lipinski definition) is 2. The minimum Gasteiger partial charge on any atom is -0.384 e. The number of H-pyrrole nitrogens is 1. The van der Waals surface area contributed by atoms with Gasteiger partial charge in [-0.05, 0) is 28.8 Å². The molecule has 0 aliphatic heterocycles. The second kappa shape index (κ2) is 6.31. The average Bonchev–Trinajstić information content (AvgIpc) is 2.62. The third kappa shape index (κ3) is 2.85. The van der Waals surface area contributed by atoms with Crippen LogP contribution in [0.5, 0.6) is 0 Å². The molecule has 0 spiro atoms. The summed E-state index contributed by atoms with van der Waals surface area (Å²) in [5.74, 6) is -0.402. The van der Waals surface area contributed by atoms with Crippen molar-refractivity contribution in [1.29, 1.82) is 10.5 Å². The number of aromatic amines is 1. The SMILES string of the molecule is N#Cc1c(N)[nH]c(=O)c(C#N)c1-c1ccc(-c2ccc(F)cc2)cc1. The van der Waals surface area contributed by atoms with E-state index in [0.717, 1.165) is 11.1 Å². The Morgan fingerprint density at radius 1 is 0.840 bits per heavy atom. The monoisotopic (exact) mass is 330 g/mol. The van der Waals surface area contributed by atoms with E-state index in [1.807, 2.05) is 12.1 Å². The summed E-state index contributed by atoms with van der Waals surface area (Å²) in [6.07, 6.45) is 0. The van der Waals surface area contributed by atoms with Gasteiger partial charge in [0.05, 0.1) is 0 Å². The second-order valence-electron chi connectivity index (χ2n) is 5.30. The molecule has 0 atom stereocenters. The predicted molar refractivity (Wildman–Crippen MR) is 91.7 cm³/mol. The zero-order valence-corrected chi connectivity index (χ0v) is 12.9. The highest BCUT2D eigenvalue weighted by molar-refractivity contribution is 5.81. The van der Waals surface area contributed by atoms with Gasteiger partial charge in [0, 0.05) is 5.56 Å². The number of nitrogens with zero attached hydrogens (tertiary/aromatic N) is 2. The van der Waals surface area contributed by atoms with Gasteiger partial charge >= 0.3 is 0 Å². The first-order chi connectivity index (χ1) is 12.0. The minimum atomic E-state index is -0.642. The summed E-state index contributed by atoms with van der Waals surface area (Å²) in [5, 5.41) is 18.6. The highest BCUT2D eigenvalue weighted by Crippen LogP contribution is 2.30. The molecule has 1 aromatic heterocycles. The summed E-state index contributed by atoms with van der Waals surface area (Å²) in [4.78, 5) is 14.3. The van der Waals surface area contributed by atoms with Crippen molar-refractivity contribution in [3.63, 3.8) is 0 Å². The summed E-state index contributed by atoms with van der Waals surface area (Å²) in [6.45, 7) is 0. The van der Waals surface area contributed by atoms with Crippen LogP contribution in [0.3, 0.4) is 0 Å². The van der Waals surface area contributed by atoms with Gasteiger partial charge in [0.25, 0.3) is 5.56 Å². The maximum absolute atomic E-state index is 13.0. The van der Waals surface area contributed by atoms with Gasteiger partial charge in [-0.3, -0.25) is 4.79 Å². The highest BCUT2D eigenvalue weighted by atomic mass is 19.1. The zero-order valence-electron chi connectivity index (χ0n) is 12.9. The van der Waals surface area contributed by atoms with Gasteiger partial charge in [0.1, 0.15) is 34.9 Å². The molecule has 0 unspecified atom stereocenters. The number of rotatable bonds is 2. The van der Waals surface area contributed by atoms with E-state index in [2.05, 4.69) is 4.98 Å². The van der Waals surface area contributed by atoms with Crippen LogP contribution < -0.4 is 11.3 Å². The van der Waals surface area contributed by atoms with Gasteiger partial charge in [0.2, 0.25) is 0 Å². The first-order valence-electron chi connectivity index (χ1n) is 7.27. The fourth-order valence-electron chi connectivity index (χ4n) is 2.60. The summed E-state index contributed by atoms with van der Waals surface area (Å²) >= 11 is 0. The lowest BCUT2D eigenvalue weighted by Gasteiger charge is -2.09. The van der Waals surface area contributed by atoms with Gasteiger partial charge in [0.15, 0.2) is 0 Å². The molecule has 5 nitrogen and oxygen atoms in total. The molecule has 0 fully saturated rings. The van der Waals surface area contributed by atoms with Gasteiger partial charge in [-0.25, -0.2) is 4.39 Å². The Hall–Kier alpha value is -3.90. The standard InChI is InChI=1S/C19H11FN4O/c20-14-7-5-12(6-8-14)11-1-3-13(4-2-11)17-15(9-21)18(23)24-19(25)16(17)10-22/h1-8H,(H3,23,24,25). The van der Waals surface area contributed by atoms with E-state index < -0.39 is 5.56 Å². The molecular weight excluding hydrogens is 319 g/mol. The van der Waals surface area contributed by atoms with E-state index in [1.54, 1.807) is 36.4 Å². The van der Waals surface area contributed by atoms with Crippen molar-refractivity contribution in [1.82, 2.24) is 4.98 Å². The number of nitrogens with one attached hydrogen (secondary N) is 1. The first kappa shape index (κ1) is 16.0. The van der Waals surface area contributed by atoms with Crippen LogP contribution in [-0.2, 0) is 0 Å². The van der Waals surface area contributed by atoms with Crippen molar-refractivity contribution in [2.24, 2.45) is 0 Å². The quantitative estimate of drug-likeness (QED) is 0.752. The fourth-order valence-corrected chi connectivity index (χ4v) is 2.60. The number of nitriles is 2. The van der Waals surface area contributed by atoms with Gasteiger partial charge < -0.3 is 10.7 Å². The van der Waals surface area contributed by atoms with Crippen LogP contribution in [0.2, 0.25) is 0 Å². The number of halogens is 1. The molecule has 0 radical (unpaired) electrons. The van der Waals surface area contributed by atoms with E-state index in [0.29, 0.717) is 5.56 Å². The van der Waals surface area contributed by atoms with Crippen LogP contribution in [0, 0.1) is 28.5 Å². The smallest absolute Gasteiger partial charge is 0.268 e. The Morgan fingerprint density at radius 3 is 1.84 bits per heavy atom. The molecule has 25 heavy (non-hydrogen) atoms. The lowest BCUT2D eigenvalue weighted by Crippen LogP contribution is -2.16. The number of nitrogen functional groups attached to an aromatic ring is 1. The fraction of sp³-hybridized carbons (Fsp3) is 0. The third-order valence-electron chi connectivity index (χ3n) is 3.82. The summed E-state index contributed by atoms with van der Waals surface area (Å²) in [7, 11) is 0. The number of hydrogen-bond acceptors (Lipinski definition) is 4. The molecule has 0 saturated carbocycles. The van der Waals surface area contributed by atoms with Gasteiger partial charge in [-0.1, -0.05) is 36.4 Å². The van der Waals surface area contributed by atoms with E-state index in [1.165, 1.54) is 12.1 Å². The van der Waals surface area contributed by atoms with Crippen LogP contribution in [0.4, 0.5) is 10.2 Å². The molecule has 1 heterocycles. The van der Waals surface area contributed by atoms with Crippen LogP contribution in [-0.4, -0.2) is 4.98 Å². The molecule has 0 amide bonds. The molecule has 0 aliphatic carbocycles. The maximum atomic E-state index is 13.0. The summed E-state index contributed by atoms with van der Waals surface area (Å²) in [6, 6.07) is 16.7. The normalized spacial score (nSPS) is 10.0. The first-order valence-corrected chi connectivity index (χ1v) is 7.27. The van der Waals surface area contributed by atoms with Crippen molar-refractivity contribution in [3.8, 4) is 34.4 Å². The van der Waals surface area contributed by atoms with Gasteiger partial charge in [-0.15, -0.1) is 0 Å². The number of pyridine rings is 1. The Morgan fingerprint density at radius 2 is 1.32 bits per heavy atom. The van der Waals surface area contributed by atoms with Crippen molar-refractivity contribution in [2.75, 3.05) is 5.73 Å². The zero-order chi connectivity index (χ0) is 18.0. The number of benzene rings is 2. The molecular formula is C19H11FN4O. The Kier molecular flexibility index (Phi) is 4.03. The van der Waals surface area contributed by atoms with Crippen LogP contribution in [0.15, 0.2) is 53.3 Å². The van der Waals surface area contributed by atoms with Crippen molar-refractivity contribution >= 4 is 5.82 Å². The molecule has 0 bridgehead atoms. The largest absolute Gasteiger partial charge is 0.384 e. The Labute approximate surface area is 142 Å². The maximum Gasteiger partial charge on any atom is 0.268 e. The van der Waals surface area contributed by atoms with Crippen molar-refractivity contribution < 1.29 is 4.39 Å². The molecule has 6 heteroatoms. The van der Waals surface area contributed by atoms with E-state index >= 15 is 0 Å². The minimum absolute atomic E-state index is 0.0469. The molecule has 3 N–H and O–H groups in total.